The van der Waals surface area contributed by atoms with Gasteiger partial charge >= 0.3 is 0 Å². The van der Waals surface area contributed by atoms with E-state index in [-0.39, 0.29) is 17.7 Å². The third kappa shape index (κ3) is 3.59. The summed E-state index contributed by atoms with van der Waals surface area (Å²) < 4.78 is 0. The molecule has 1 aliphatic heterocycles. The van der Waals surface area contributed by atoms with Crippen LogP contribution in [0.15, 0.2) is 6.33 Å². The predicted octanol–water partition coefficient (Wildman–Crippen LogP) is 0.112. The summed E-state index contributed by atoms with van der Waals surface area (Å²) in [6.07, 6.45) is 5.75. The highest BCUT2D eigenvalue weighted by atomic mass is 16.2. The van der Waals surface area contributed by atoms with E-state index >= 15 is 0 Å². The second-order valence-corrected chi connectivity index (χ2v) is 5.85. The second-order valence-electron chi connectivity index (χ2n) is 5.85. The first-order valence-electron chi connectivity index (χ1n) is 7.65. The van der Waals surface area contributed by atoms with Crippen LogP contribution in [0.1, 0.15) is 31.5 Å². The van der Waals surface area contributed by atoms with Gasteiger partial charge in [-0.1, -0.05) is 0 Å². The summed E-state index contributed by atoms with van der Waals surface area (Å²) in [6, 6.07) is 0. The predicted molar refractivity (Wildman–Crippen MR) is 75.1 cm³/mol. The van der Waals surface area contributed by atoms with Crippen LogP contribution in [-0.2, 0) is 16.0 Å². The Morgan fingerprint density at radius 3 is 2.62 bits per heavy atom. The van der Waals surface area contributed by atoms with Gasteiger partial charge in [-0.15, -0.1) is 0 Å². The maximum Gasteiger partial charge on any atom is 0.225 e. The molecule has 3 rings (SSSR count). The van der Waals surface area contributed by atoms with Crippen molar-refractivity contribution in [3.8, 4) is 0 Å². The summed E-state index contributed by atoms with van der Waals surface area (Å²) in [5, 5.41) is 9.48. The fraction of sp³-hybridized carbons (Fsp3) is 0.714. The summed E-state index contributed by atoms with van der Waals surface area (Å²) in [5.41, 5.74) is 0. The van der Waals surface area contributed by atoms with Crippen LogP contribution in [0, 0.1) is 11.8 Å². The van der Waals surface area contributed by atoms with Crippen LogP contribution in [0.4, 0.5) is 0 Å². The monoisotopic (exact) mass is 291 g/mol. The van der Waals surface area contributed by atoms with Crippen LogP contribution in [0.3, 0.4) is 0 Å². The van der Waals surface area contributed by atoms with Crippen LogP contribution >= 0.6 is 0 Å². The molecular weight excluding hydrogens is 270 g/mol. The molecule has 7 nitrogen and oxygen atoms in total. The summed E-state index contributed by atoms with van der Waals surface area (Å²) in [6.45, 7) is 2.00. The number of carbonyl (C=O) groups excluding carboxylic acids is 2. The van der Waals surface area contributed by atoms with Crippen molar-refractivity contribution in [2.45, 2.75) is 32.1 Å². The molecule has 0 bridgehead atoms. The van der Waals surface area contributed by atoms with Gasteiger partial charge in [0.2, 0.25) is 11.8 Å². The summed E-state index contributed by atoms with van der Waals surface area (Å²) in [4.78, 5) is 30.0. The summed E-state index contributed by atoms with van der Waals surface area (Å²) >= 11 is 0. The number of likely N-dealkylation sites (tertiary alicyclic amines) is 1. The average molecular weight is 291 g/mol. The molecule has 1 saturated carbocycles. The Balaban J connectivity index is 1.37. The molecule has 1 aromatic rings. The van der Waals surface area contributed by atoms with Crippen LogP contribution in [-0.4, -0.2) is 51.5 Å². The smallest absolute Gasteiger partial charge is 0.225 e. The number of amides is 2. The van der Waals surface area contributed by atoms with E-state index in [1.54, 1.807) is 0 Å². The molecule has 1 aromatic heterocycles. The second kappa shape index (κ2) is 6.24. The van der Waals surface area contributed by atoms with E-state index in [4.69, 9.17) is 0 Å². The number of aromatic amines is 1. The third-order valence-electron chi connectivity index (χ3n) is 4.23. The molecule has 114 valence electrons. The number of nitrogens with one attached hydrogen (secondary N) is 2. The number of rotatable bonds is 5. The molecule has 0 atom stereocenters. The van der Waals surface area contributed by atoms with E-state index in [0.29, 0.717) is 18.9 Å². The van der Waals surface area contributed by atoms with Gasteiger partial charge in [-0.25, -0.2) is 4.98 Å². The lowest BCUT2D eigenvalue weighted by atomic mass is 9.95. The topological polar surface area (TPSA) is 91.0 Å². The standard InChI is InChI=1S/C14H21N5O2/c20-13(15-6-3-12-16-9-17-18-12)10-4-7-19(8-5-10)14(21)11-1-2-11/h9-11H,1-8H2,(H,15,20)(H,16,17,18). The molecule has 0 radical (unpaired) electrons. The van der Waals surface area contributed by atoms with E-state index in [1.165, 1.54) is 6.33 Å². The van der Waals surface area contributed by atoms with Crippen molar-refractivity contribution < 1.29 is 9.59 Å². The molecule has 21 heavy (non-hydrogen) atoms. The SMILES string of the molecule is O=C(NCCc1ncn[nH]1)C1CCN(C(=O)C2CC2)CC1. The first-order valence-corrected chi connectivity index (χ1v) is 7.65. The van der Waals surface area contributed by atoms with Crippen molar-refractivity contribution in [3.63, 3.8) is 0 Å². The minimum absolute atomic E-state index is 0.0305. The number of carbonyl (C=O) groups is 2. The van der Waals surface area contributed by atoms with Gasteiger partial charge in [-0.05, 0) is 25.7 Å². The van der Waals surface area contributed by atoms with Gasteiger partial charge in [0.25, 0.3) is 0 Å². The molecule has 2 heterocycles. The van der Waals surface area contributed by atoms with Gasteiger partial charge in [0, 0.05) is 37.9 Å². The molecule has 1 aliphatic carbocycles. The third-order valence-corrected chi connectivity index (χ3v) is 4.23. The van der Waals surface area contributed by atoms with Crippen LogP contribution < -0.4 is 5.32 Å². The highest BCUT2D eigenvalue weighted by Gasteiger charge is 2.35. The number of hydrogen-bond donors (Lipinski definition) is 2. The van der Waals surface area contributed by atoms with Crippen LogP contribution in [0.25, 0.3) is 0 Å². The maximum absolute atomic E-state index is 12.1. The van der Waals surface area contributed by atoms with Gasteiger partial charge < -0.3 is 10.2 Å². The zero-order valence-electron chi connectivity index (χ0n) is 12.0. The van der Waals surface area contributed by atoms with Crippen LogP contribution in [0.5, 0.6) is 0 Å². The number of hydrogen-bond acceptors (Lipinski definition) is 4. The van der Waals surface area contributed by atoms with E-state index in [0.717, 1.165) is 44.6 Å². The van der Waals surface area contributed by atoms with Gasteiger partial charge in [-0.3, -0.25) is 14.7 Å². The Morgan fingerprint density at radius 1 is 1.24 bits per heavy atom. The fourth-order valence-corrected chi connectivity index (χ4v) is 2.75. The Kier molecular flexibility index (Phi) is 4.17. The molecule has 0 unspecified atom stereocenters. The van der Waals surface area contributed by atoms with Crippen molar-refractivity contribution in [2.24, 2.45) is 11.8 Å². The Morgan fingerprint density at radius 2 is 2.00 bits per heavy atom. The van der Waals surface area contributed by atoms with Gasteiger partial charge in [0.1, 0.15) is 12.2 Å². The highest BCUT2D eigenvalue weighted by Crippen LogP contribution is 2.32. The minimum Gasteiger partial charge on any atom is -0.355 e. The lowest BCUT2D eigenvalue weighted by Crippen LogP contribution is -2.43. The Hall–Kier alpha value is -1.92. The van der Waals surface area contributed by atoms with E-state index in [2.05, 4.69) is 20.5 Å². The van der Waals surface area contributed by atoms with Gasteiger partial charge in [0.15, 0.2) is 0 Å². The number of aromatic nitrogens is 3. The van der Waals surface area contributed by atoms with Crippen LogP contribution in [0.2, 0.25) is 0 Å². The number of H-pyrrole nitrogens is 1. The molecule has 7 heteroatoms. The number of nitrogens with zero attached hydrogens (tertiary/aromatic N) is 3. The average Bonchev–Trinajstić information content (AvgIpc) is 3.24. The molecule has 2 N–H and O–H groups in total. The largest absolute Gasteiger partial charge is 0.355 e. The van der Waals surface area contributed by atoms with Crippen molar-refractivity contribution in [1.82, 2.24) is 25.4 Å². The molecule has 2 amide bonds. The van der Waals surface area contributed by atoms with Crippen molar-refractivity contribution >= 4 is 11.8 Å². The first kappa shape index (κ1) is 14.0. The fourth-order valence-electron chi connectivity index (χ4n) is 2.75. The normalized spacial score (nSPS) is 19.5. The minimum atomic E-state index is 0.0305. The number of piperidine rings is 1. The molecule has 2 aliphatic rings. The maximum atomic E-state index is 12.1. The van der Waals surface area contributed by atoms with Crippen molar-refractivity contribution in [3.05, 3.63) is 12.2 Å². The van der Waals surface area contributed by atoms with Gasteiger partial charge in [0.05, 0.1) is 0 Å². The van der Waals surface area contributed by atoms with E-state index in [9.17, 15) is 9.59 Å². The zero-order chi connectivity index (χ0) is 14.7. The zero-order valence-corrected chi connectivity index (χ0v) is 12.0. The van der Waals surface area contributed by atoms with Crippen molar-refractivity contribution in [1.29, 1.82) is 0 Å². The first-order chi connectivity index (χ1) is 10.2. The highest BCUT2D eigenvalue weighted by molar-refractivity contribution is 5.82. The molecule has 0 aromatic carbocycles. The molecule has 2 fully saturated rings. The Labute approximate surface area is 123 Å². The van der Waals surface area contributed by atoms with Crippen molar-refractivity contribution in [2.75, 3.05) is 19.6 Å². The summed E-state index contributed by atoms with van der Waals surface area (Å²) in [5.74, 6) is 1.47. The quantitative estimate of drug-likeness (QED) is 0.805. The van der Waals surface area contributed by atoms with Gasteiger partial charge in [-0.2, -0.15) is 5.10 Å². The summed E-state index contributed by atoms with van der Waals surface area (Å²) in [7, 11) is 0. The molecule has 0 spiro atoms. The Bertz CT molecular complexity index is 489. The lowest BCUT2D eigenvalue weighted by Gasteiger charge is -2.31. The van der Waals surface area contributed by atoms with E-state index < -0.39 is 0 Å². The molecular formula is C14H21N5O2. The van der Waals surface area contributed by atoms with E-state index in [1.807, 2.05) is 4.90 Å². The molecule has 1 saturated heterocycles. The lowest BCUT2D eigenvalue weighted by molar-refractivity contribution is -0.136.